The van der Waals surface area contributed by atoms with Crippen LogP contribution in [0.5, 0.6) is 5.75 Å². The number of imidazole rings is 1. The molecule has 10 nitrogen and oxygen atoms in total. The highest BCUT2D eigenvalue weighted by Gasteiger charge is 2.36. The zero-order valence-electron chi connectivity index (χ0n) is 18.9. The van der Waals surface area contributed by atoms with Crippen LogP contribution in [0, 0.1) is 5.82 Å². The summed E-state index contributed by atoms with van der Waals surface area (Å²) < 4.78 is 61.9. The molecule has 5 aromatic rings. The van der Waals surface area contributed by atoms with Gasteiger partial charge in [0.2, 0.25) is 0 Å². The fourth-order valence-corrected chi connectivity index (χ4v) is 4.35. The number of hydrogen-bond acceptors (Lipinski definition) is 7. The number of hydrogen-bond donors (Lipinski definition) is 1. The van der Waals surface area contributed by atoms with E-state index in [4.69, 9.17) is 10.5 Å². The lowest BCUT2D eigenvalue weighted by Gasteiger charge is -2.24. The van der Waals surface area contributed by atoms with Crippen LogP contribution in [0.3, 0.4) is 0 Å². The third kappa shape index (κ3) is 3.59. The standard InChI is InChI=1S/C23H16F4N8O2/c1-33(21(36)13-5-16-15(6-14(13)24)31-20(28)17-7-29-9-34(16)17)18-8-37-19-4-11(2-3-12(18)19)35-10-30-22(32-35)23(25,26)27/h2-7,9-10,18H,8H2,1H3,(H2,28,31)/t18-/m1/s1. The van der Waals surface area contributed by atoms with Gasteiger partial charge >= 0.3 is 6.18 Å². The average molecular weight is 512 g/mol. The summed E-state index contributed by atoms with van der Waals surface area (Å²) in [5, 5.41) is 3.46. The van der Waals surface area contributed by atoms with Crippen molar-refractivity contribution in [3.8, 4) is 11.4 Å². The minimum absolute atomic E-state index is 0.0746. The summed E-state index contributed by atoms with van der Waals surface area (Å²) in [6.07, 6.45) is -0.702. The quantitative estimate of drug-likeness (QED) is 0.368. The van der Waals surface area contributed by atoms with Gasteiger partial charge in [-0.25, -0.2) is 24.0 Å². The van der Waals surface area contributed by atoms with Gasteiger partial charge in [0.1, 0.15) is 35.8 Å². The fourth-order valence-electron chi connectivity index (χ4n) is 4.35. The van der Waals surface area contributed by atoms with Gasteiger partial charge in [-0.2, -0.15) is 13.2 Å². The molecular formula is C23H16F4N8O2. The second-order valence-corrected chi connectivity index (χ2v) is 8.44. The van der Waals surface area contributed by atoms with E-state index in [9.17, 15) is 18.0 Å². The van der Waals surface area contributed by atoms with Crippen LogP contribution >= 0.6 is 0 Å². The van der Waals surface area contributed by atoms with E-state index in [-0.39, 0.29) is 23.5 Å². The van der Waals surface area contributed by atoms with Gasteiger partial charge in [0.25, 0.3) is 11.7 Å². The van der Waals surface area contributed by atoms with E-state index < -0.39 is 29.8 Å². The van der Waals surface area contributed by atoms with Crippen molar-refractivity contribution in [1.29, 1.82) is 0 Å². The molecule has 0 radical (unpaired) electrons. The van der Waals surface area contributed by atoms with Crippen molar-refractivity contribution < 1.29 is 27.1 Å². The van der Waals surface area contributed by atoms with Crippen LogP contribution in [0.1, 0.15) is 27.8 Å². The molecule has 2 aromatic carbocycles. The maximum atomic E-state index is 15.0. The summed E-state index contributed by atoms with van der Waals surface area (Å²) in [6, 6.07) is 6.64. The summed E-state index contributed by atoms with van der Waals surface area (Å²) in [4.78, 5) is 26.2. The third-order valence-corrected chi connectivity index (χ3v) is 6.25. The van der Waals surface area contributed by atoms with E-state index in [2.05, 4.69) is 20.1 Å². The van der Waals surface area contributed by atoms with Crippen LogP contribution in [-0.2, 0) is 6.18 Å². The first-order valence-electron chi connectivity index (χ1n) is 10.9. The maximum Gasteiger partial charge on any atom is 0.453 e. The van der Waals surface area contributed by atoms with Crippen LogP contribution in [0.15, 0.2) is 49.2 Å². The van der Waals surface area contributed by atoms with Crippen LogP contribution in [-0.4, -0.2) is 53.6 Å². The summed E-state index contributed by atoms with van der Waals surface area (Å²) in [5.41, 5.74) is 7.90. The molecule has 0 fully saturated rings. The van der Waals surface area contributed by atoms with Crippen molar-refractivity contribution >= 4 is 28.3 Å². The molecule has 2 N–H and O–H groups in total. The number of aromatic nitrogens is 6. The van der Waals surface area contributed by atoms with Crippen LogP contribution in [0.4, 0.5) is 23.4 Å². The topological polar surface area (TPSA) is 116 Å². The molecule has 4 heterocycles. The second-order valence-electron chi connectivity index (χ2n) is 8.44. The van der Waals surface area contributed by atoms with Gasteiger partial charge in [-0.05, 0) is 12.1 Å². The Bertz CT molecular complexity index is 1710. The number of carbonyl (C=O) groups excluding carboxylic acids is 1. The first-order valence-corrected chi connectivity index (χ1v) is 10.9. The number of carbonyl (C=O) groups is 1. The van der Waals surface area contributed by atoms with Crippen molar-refractivity contribution in [2.45, 2.75) is 12.2 Å². The van der Waals surface area contributed by atoms with Crippen molar-refractivity contribution in [2.24, 2.45) is 0 Å². The molecule has 0 unspecified atom stereocenters. The smallest absolute Gasteiger partial charge is 0.453 e. The van der Waals surface area contributed by atoms with E-state index >= 15 is 4.39 Å². The number of alkyl halides is 3. The zero-order valence-corrected chi connectivity index (χ0v) is 18.9. The van der Waals surface area contributed by atoms with Gasteiger partial charge in [0, 0.05) is 24.7 Å². The lowest BCUT2D eigenvalue weighted by atomic mass is 10.0. The van der Waals surface area contributed by atoms with E-state index in [0.29, 0.717) is 28.0 Å². The van der Waals surface area contributed by atoms with Crippen molar-refractivity contribution in [3.05, 3.63) is 72.0 Å². The van der Waals surface area contributed by atoms with Crippen LogP contribution in [0.2, 0.25) is 0 Å². The van der Waals surface area contributed by atoms with Crippen molar-refractivity contribution in [2.75, 3.05) is 19.4 Å². The lowest BCUT2D eigenvalue weighted by Crippen LogP contribution is -2.32. The first-order chi connectivity index (χ1) is 17.6. The molecular weight excluding hydrogens is 496 g/mol. The largest absolute Gasteiger partial charge is 0.491 e. The molecule has 1 aliphatic heterocycles. The molecule has 1 amide bonds. The molecule has 14 heteroatoms. The predicted molar refractivity (Wildman–Crippen MR) is 122 cm³/mol. The number of nitrogens with two attached hydrogens (primary N) is 1. The molecule has 37 heavy (non-hydrogen) atoms. The molecule has 188 valence electrons. The minimum atomic E-state index is -4.67. The average Bonchev–Trinajstić information content (AvgIpc) is 3.62. The van der Waals surface area contributed by atoms with Gasteiger partial charge in [-0.1, -0.05) is 6.07 Å². The minimum Gasteiger partial charge on any atom is -0.491 e. The van der Waals surface area contributed by atoms with E-state index in [1.807, 2.05) is 0 Å². The first kappa shape index (κ1) is 22.7. The number of nitrogens with zero attached hydrogens (tertiary/aromatic N) is 7. The molecule has 6 rings (SSSR count). The Hall–Kier alpha value is -4.75. The Morgan fingerprint density at radius 2 is 2.00 bits per heavy atom. The Kier molecular flexibility index (Phi) is 4.83. The number of rotatable bonds is 3. The Balaban J connectivity index is 1.31. The normalized spacial score (nSPS) is 15.2. The van der Waals surface area contributed by atoms with Crippen molar-refractivity contribution in [1.82, 2.24) is 34.0 Å². The van der Waals surface area contributed by atoms with E-state index in [0.717, 1.165) is 17.1 Å². The van der Waals surface area contributed by atoms with Crippen LogP contribution < -0.4 is 10.5 Å². The summed E-state index contributed by atoms with van der Waals surface area (Å²) in [7, 11) is 1.52. The van der Waals surface area contributed by atoms with Crippen LogP contribution in [0.25, 0.3) is 22.2 Å². The van der Waals surface area contributed by atoms with Gasteiger partial charge in [0.15, 0.2) is 0 Å². The Labute approximate surface area is 204 Å². The highest BCUT2D eigenvalue weighted by molar-refractivity contribution is 5.98. The molecule has 1 aliphatic rings. The molecule has 0 aliphatic carbocycles. The van der Waals surface area contributed by atoms with Gasteiger partial charge in [-0.15, -0.1) is 5.10 Å². The second kappa shape index (κ2) is 7.88. The number of ether oxygens (including phenoxy) is 1. The summed E-state index contributed by atoms with van der Waals surface area (Å²) >= 11 is 0. The van der Waals surface area contributed by atoms with Gasteiger partial charge in [-0.3, -0.25) is 9.20 Å². The highest BCUT2D eigenvalue weighted by atomic mass is 19.4. The third-order valence-electron chi connectivity index (χ3n) is 6.25. The molecule has 0 saturated carbocycles. The monoisotopic (exact) mass is 512 g/mol. The predicted octanol–water partition coefficient (Wildman–Crippen LogP) is 3.41. The number of halogens is 4. The molecule has 3 aromatic heterocycles. The van der Waals surface area contributed by atoms with E-state index in [1.165, 1.54) is 42.7 Å². The maximum absolute atomic E-state index is 15.0. The number of anilines is 1. The Morgan fingerprint density at radius 3 is 2.76 bits per heavy atom. The zero-order chi connectivity index (χ0) is 26.1. The Morgan fingerprint density at radius 1 is 1.19 bits per heavy atom. The number of fused-ring (bicyclic) bond motifs is 4. The molecule has 1 atom stereocenters. The van der Waals surface area contributed by atoms with Crippen molar-refractivity contribution in [3.63, 3.8) is 0 Å². The number of nitrogen functional groups attached to an aromatic ring is 1. The highest BCUT2D eigenvalue weighted by Crippen LogP contribution is 2.38. The summed E-state index contributed by atoms with van der Waals surface area (Å²) in [5.74, 6) is -2.08. The SMILES string of the molecule is CN(C(=O)c1cc2c(cc1F)nc(N)c1cncn12)[C@@H]1COc2cc(-n3cnc(C(F)(F)F)n3)ccc21. The number of amides is 1. The molecule has 0 spiro atoms. The molecule has 0 bridgehead atoms. The fraction of sp³-hybridized carbons (Fsp3) is 0.174. The van der Waals surface area contributed by atoms with Gasteiger partial charge in [0.05, 0.1) is 40.9 Å². The lowest BCUT2D eigenvalue weighted by molar-refractivity contribution is -0.144. The molecule has 0 saturated heterocycles. The number of likely N-dealkylation sites (N-methyl/N-ethyl adjacent to an activating group) is 1. The number of benzene rings is 2. The van der Waals surface area contributed by atoms with E-state index in [1.54, 1.807) is 10.5 Å². The van der Waals surface area contributed by atoms with Gasteiger partial charge < -0.3 is 15.4 Å². The summed E-state index contributed by atoms with van der Waals surface area (Å²) in [6.45, 7) is 0.0746.